The zero-order chi connectivity index (χ0) is 23.1. The average Bonchev–Trinajstić information content (AvgIpc) is 3.17. The molecule has 0 saturated carbocycles. The van der Waals surface area contributed by atoms with Crippen LogP contribution in [0, 0.1) is 6.92 Å². The molecule has 3 rings (SSSR count). The Kier molecular flexibility index (Phi) is 7.49. The second kappa shape index (κ2) is 10.5. The van der Waals surface area contributed by atoms with Gasteiger partial charge in [0.25, 0.3) is 5.91 Å². The summed E-state index contributed by atoms with van der Waals surface area (Å²) in [5.74, 6) is 0.858. The third kappa shape index (κ3) is 5.26. The highest BCUT2D eigenvalue weighted by atomic mass is 16.5. The summed E-state index contributed by atoms with van der Waals surface area (Å²) in [5.41, 5.74) is 2.11. The molecule has 0 fully saturated rings. The minimum absolute atomic E-state index is 0.144. The van der Waals surface area contributed by atoms with Crippen LogP contribution in [0.15, 0.2) is 53.1 Å². The van der Waals surface area contributed by atoms with Gasteiger partial charge in [-0.2, -0.15) is 0 Å². The number of ether oxygens (including phenoxy) is 2. The van der Waals surface area contributed by atoms with Crippen molar-refractivity contribution in [1.82, 2.24) is 10.1 Å². The molecule has 0 radical (unpaired) electrons. The van der Waals surface area contributed by atoms with Crippen molar-refractivity contribution in [2.45, 2.75) is 20.8 Å². The number of nitrogens with zero attached hydrogens (tertiary/aromatic N) is 2. The summed E-state index contributed by atoms with van der Waals surface area (Å²) in [6, 6.07) is 14.5. The van der Waals surface area contributed by atoms with Crippen LogP contribution in [-0.4, -0.2) is 48.7 Å². The fraction of sp³-hybridized carbons (Fsp3) is 0.292. The molecule has 0 bridgehead atoms. The standard InChI is InChI=1S/C24H27N3O5/c1-5-30-19-13-12-18(14-20(19)31-6-2)25-21(28)15-27(4)24(29)22-16(3)32-26-23(22)17-10-8-7-9-11-17/h7-14H,5-6,15H2,1-4H3,(H,25,28). The molecule has 8 nitrogen and oxygen atoms in total. The summed E-state index contributed by atoms with van der Waals surface area (Å²) in [6.45, 7) is 6.27. The van der Waals surface area contributed by atoms with E-state index in [1.807, 2.05) is 44.2 Å². The number of aryl methyl sites for hydroxylation is 1. The second-order valence-corrected chi connectivity index (χ2v) is 7.07. The van der Waals surface area contributed by atoms with Crippen molar-refractivity contribution in [3.63, 3.8) is 0 Å². The SMILES string of the molecule is CCOc1ccc(NC(=O)CN(C)C(=O)c2c(-c3ccccc3)noc2C)cc1OCC. The lowest BCUT2D eigenvalue weighted by Crippen LogP contribution is -2.35. The number of hydrogen-bond acceptors (Lipinski definition) is 6. The van der Waals surface area contributed by atoms with Gasteiger partial charge < -0.3 is 24.2 Å². The second-order valence-electron chi connectivity index (χ2n) is 7.07. The number of likely N-dealkylation sites (N-methyl/N-ethyl adjacent to an activating group) is 1. The molecule has 0 unspecified atom stereocenters. The van der Waals surface area contributed by atoms with Gasteiger partial charge in [-0.25, -0.2) is 0 Å². The summed E-state index contributed by atoms with van der Waals surface area (Å²) in [6.07, 6.45) is 0. The van der Waals surface area contributed by atoms with Crippen LogP contribution in [-0.2, 0) is 4.79 Å². The molecule has 1 N–H and O–H groups in total. The van der Waals surface area contributed by atoms with Crippen LogP contribution in [0.1, 0.15) is 30.0 Å². The molecule has 1 aromatic heterocycles. The molecule has 2 aromatic carbocycles. The van der Waals surface area contributed by atoms with E-state index in [0.717, 1.165) is 5.56 Å². The van der Waals surface area contributed by atoms with Gasteiger partial charge in [-0.15, -0.1) is 0 Å². The first-order valence-electron chi connectivity index (χ1n) is 10.4. The number of amides is 2. The van der Waals surface area contributed by atoms with E-state index in [1.165, 1.54) is 4.90 Å². The number of hydrogen-bond donors (Lipinski definition) is 1. The summed E-state index contributed by atoms with van der Waals surface area (Å²) in [5, 5.41) is 6.83. The summed E-state index contributed by atoms with van der Waals surface area (Å²) in [7, 11) is 1.56. The fourth-order valence-corrected chi connectivity index (χ4v) is 3.22. The van der Waals surface area contributed by atoms with Crippen molar-refractivity contribution in [1.29, 1.82) is 0 Å². The lowest BCUT2D eigenvalue weighted by molar-refractivity contribution is -0.116. The summed E-state index contributed by atoms with van der Waals surface area (Å²) < 4.78 is 16.4. The zero-order valence-corrected chi connectivity index (χ0v) is 18.7. The Balaban J connectivity index is 1.71. The summed E-state index contributed by atoms with van der Waals surface area (Å²) in [4.78, 5) is 27.0. The van der Waals surface area contributed by atoms with Crippen molar-refractivity contribution in [2.24, 2.45) is 0 Å². The van der Waals surface area contributed by atoms with Crippen LogP contribution in [0.5, 0.6) is 11.5 Å². The molecular formula is C24H27N3O5. The first kappa shape index (κ1) is 22.9. The highest BCUT2D eigenvalue weighted by Gasteiger charge is 2.25. The number of nitrogens with one attached hydrogen (secondary N) is 1. The molecule has 0 aliphatic rings. The average molecular weight is 437 g/mol. The highest BCUT2D eigenvalue weighted by Crippen LogP contribution is 2.31. The van der Waals surface area contributed by atoms with Crippen molar-refractivity contribution >= 4 is 17.5 Å². The van der Waals surface area contributed by atoms with Gasteiger partial charge in [-0.1, -0.05) is 35.5 Å². The molecule has 168 valence electrons. The van der Waals surface area contributed by atoms with Crippen LogP contribution in [0.2, 0.25) is 0 Å². The Morgan fingerprint density at radius 3 is 2.41 bits per heavy atom. The first-order valence-corrected chi connectivity index (χ1v) is 10.4. The normalized spacial score (nSPS) is 10.5. The van der Waals surface area contributed by atoms with Crippen molar-refractivity contribution < 1.29 is 23.6 Å². The molecular weight excluding hydrogens is 410 g/mol. The van der Waals surface area contributed by atoms with E-state index in [4.69, 9.17) is 14.0 Å². The van der Waals surface area contributed by atoms with Crippen molar-refractivity contribution in [3.8, 4) is 22.8 Å². The number of rotatable bonds is 9. The number of carbonyl (C=O) groups excluding carboxylic acids is 2. The van der Waals surface area contributed by atoms with Crippen molar-refractivity contribution in [2.75, 3.05) is 32.1 Å². The molecule has 0 atom stereocenters. The molecule has 8 heteroatoms. The lowest BCUT2D eigenvalue weighted by Gasteiger charge is -2.17. The summed E-state index contributed by atoms with van der Waals surface area (Å²) >= 11 is 0. The number of aromatic nitrogens is 1. The Bertz CT molecular complexity index is 1080. The van der Waals surface area contributed by atoms with Crippen LogP contribution in [0.3, 0.4) is 0 Å². The molecule has 0 spiro atoms. The minimum atomic E-state index is -0.348. The van der Waals surface area contributed by atoms with Gasteiger partial charge >= 0.3 is 0 Å². The Hall–Kier alpha value is -3.81. The van der Waals surface area contributed by atoms with E-state index in [9.17, 15) is 9.59 Å². The van der Waals surface area contributed by atoms with Gasteiger partial charge in [-0.05, 0) is 32.9 Å². The third-order valence-corrected chi connectivity index (χ3v) is 4.68. The Morgan fingerprint density at radius 1 is 1.03 bits per heavy atom. The molecule has 32 heavy (non-hydrogen) atoms. The van der Waals surface area contributed by atoms with Gasteiger partial charge in [0.2, 0.25) is 5.91 Å². The molecule has 0 aliphatic heterocycles. The maximum absolute atomic E-state index is 13.1. The van der Waals surface area contributed by atoms with Gasteiger partial charge in [0, 0.05) is 24.4 Å². The predicted molar refractivity (Wildman–Crippen MR) is 121 cm³/mol. The van der Waals surface area contributed by atoms with Gasteiger partial charge in [-0.3, -0.25) is 9.59 Å². The maximum atomic E-state index is 13.1. The van der Waals surface area contributed by atoms with Crippen LogP contribution < -0.4 is 14.8 Å². The van der Waals surface area contributed by atoms with E-state index in [-0.39, 0.29) is 18.4 Å². The van der Waals surface area contributed by atoms with Crippen molar-refractivity contribution in [3.05, 3.63) is 59.9 Å². The van der Waals surface area contributed by atoms with E-state index in [2.05, 4.69) is 10.5 Å². The molecule has 2 amide bonds. The molecule has 1 heterocycles. The Labute approximate surface area is 187 Å². The van der Waals surface area contributed by atoms with E-state index in [0.29, 0.717) is 47.4 Å². The van der Waals surface area contributed by atoms with Gasteiger partial charge in [0.15, 0.2) is 11.5 Å². The maximum Gasteiger partial charge on any atom is 0.259 e. The number of anilines is 1. The predicted octanol–water partition coefficient (Wildman–Crippen LogP) is 4.16. The molecule has 3 aromatic rings. The van der Waals surface area contributed by atoms with E-state index < -0.39 is 0 Å². The quantitative estimate of drug-likeness (QED) is 0.540. The first-order chi connectivity index (χ1) is 15.4. The van der Waals surface area contributed by atoms with Crippen LogP contribution in [0.25, 0.3) is 11.3 Å². The molecule has 0 aliphatic carbocycles. The van der Waals surface area contributed by atoms with Gasteiger partial charge in [0.05, 0.1) is 19.8 Å². The Morgan fingerprint density at radius 2 is 1.72 bits per heavy atom. The van der Waals surface area contributed by atoms with Crippen LogP contribution >= 0.6 is 0 Å². The molecule has 0 saturated heterocycles. The lowest BCUT2D eigenvalue weighted by atomic mass is 10.1. The fourth-order valence-electron chi connectivity index (χ4n) is 3.22. The number of carbonyl (C=O) groups is 2. The third-order valence-electron chi connectivity index (χ3n) is 4.68. The monoisotopic (exact) mass is 437 g/mol. The minimum Gasteiger partial charge on any atom is -0.490 e. The van der Waals surface area contributed by atoms with E-state index in [1.54, 1.807) is 32.2 Å². The van der Waals surface area contributed by atoms with Crippen LogP contribution in [0.4, 0.5) is 5.69 Å². The highest BCUT2D eigenvalue weighted by molar-refractivity contribution is 6.03. The smallest absolute Gasteiger partial charge is 0.259 e. The zero-order valence-electron chi connectivity index (χ0n) is 18.7. The van der Waals surface area contributed by atoms with E-state index >= 15 is 0 Å². The largest absolute Gasteiger partial charge is 0.490 e. The topological polar surface area (TPSA) is 93.9 Å². The number of benzene rings is 2. The van der Waals surface area contributed by atoms with Gasteiger partial charge in [0.1, 0.15) is 17.0 Å².